The molecule has 24 heavy (non-hydrogen) atoms. The highest BCUT2D eigenvalue weighted by atomic mass is 35.5. The zero-order valence-electron chi connectivity index (χ0n) is 13.9. The topological polar surface area (TPSA) is 88.3 Å². The molecule has 1 aromatic heterocycles. The molecule has 1 heterocycles. The van der Waals surface area contributed by atoms with Crippen LogP contribution in [0.15, 0.2) is 23.1 Å². The van der Waals surface area contributed by atoms with Crippen LogP contribution >= 0.6 is 11.6 Å². The molecule has 0 radical (unpaired) electrons. The molecule has 2 aromatic rings. The van der Waals surface area contributed by atoms with Crippen molar-refractivity contribution in [1.82, 2.24) is 4.98 Å². The van der Waals surface area contributed by atoms with Crippen LogP contribution in [0.2, 0.25) is 5.02 Å². The highest BCUT2D eigenvalue weighted by molar-refractivity contribution is 7.92. The number of aromatic nitrogens is 1. The number of ether oxygens (including phenoxy) is 1. The number of carbonyl (C=O) groups excluding carboxylic acids is 1. The first kappa shape index (κ1) is 18.4. The van der Waals surface area contributed by atoms with Crippen LogP contribution in [0.4, 0.5) is 5.69 Å². The van der Waals surface area contributed by atoms with Gasteiger partial charge in [-0.3, -0.25) is 4.72 Å². The third kappa shape index (κ3) is 3.57. The lowest BCUT2D eigenvalue weighted by Crippen LogP contribution is -2.18. The van der Waals surface area contributed by atoms with Crippen molar-refractivity contribution in [2.45, 2.75) is 32.6 Å². The largest absolute Gasteiger partial charge is 0.462 e. The van der Waals surface area contributed by atoms with Crippen LogP contribution in [0.25, 0.3) is 0 Å². The standard InChI is InChI=1S/C16H19ClN2O4S/c1-5-23-16(20)14-10(3)18-11(4)15(14)24(21,22)19-13-7-6-9(2)8-12(13)17/h6-8,18-19H,5H2,1-4H3. The van der Waals surface area contributed by atoms with Crippen molar-refractivity contribution in [3.63, 3.8) is 0 Å². The van der Waals surface area contributed by atoms with Crippen molar-refractivity contribution in [1.29, 1.82) is 0 Å². The molecule has 0 saturated carbocycles. The van der Waals surface area contributed by atoms with Crippen molar-refractivity contribution in [2.24, 2.45) is 0 Å². The lowest BCUT2D eigenvalue weighted by molar-refractivity contribution is 0.0521. The zero-order chi connectivity index (χ0) is 18.1. The molecule has 0 unspecified atom stereocenters. The molecular formula is C16H19ClN2O4S. The molecule has 2 rings (SSSR count). The number of nitrogens with one attached hydrogen (secondary N) is 2. The Morgan fingerprint density at radius 2 is 1.92 bits per heavy atom. The number of halogens is 1. The van der Waals surface area contributed by atoms with Crippen LogP contribution in [0, 0.1) is 20.8 Å². The van der Waals surface area contributed by atoms with Gasteiger partial charge in [-0.25, -0.2) is 13.2 Å². The molecule has 0 aliphatic heterocycles. The second-order valence-electron chi connectivity index (χ2n) is 5.39. The van der Waals surface area contributed by atoms with Crippen LogP contribution in [0.1, 0.15) is 34.2 Å². The van der Waals surface area contributed by atoms with E-state index in [2.05, 4.69) is 9.71 Å². The fourth-order valence-electron chi connectivity index (χ4n) is 2.44. The van der Waals surface area contributed by atoms with Gasteiger partial charge >= 0.3 is 5.97 Å². The SMILES string of the molecule is CCOC(=O)c1c(C)[nH]c(C)c1S(=O)(=O)Nc1ccc(C)cc1Cl. The number of H-pyrrole nitrogens is 1. The maximum Gasteiger partial charge on any atom is 0.341 e. The lowest BCUT2D eigenvalue weighted by atomic mass is 10.2. The van der Waals surface area contributed by atoms with Gasteiger partial charge in [0.2, 0.25) is 0 Å². The van der Waals surface area contributed by atoms with E-state index < -0.39 is 16.0 Å². The van der Waals surface area contributed by atoms with Crippen LogP contribution < -0.4 is 4.72 Å². The second kappa shape index (κ2) is 6.86. The minimum atomic E-state index is -4.02. The van der Waals surface area contributed by atoms with E-state index in [0.29, 0.717) is 11.4 Å². The molecule has 0 amide bonds. The summed E-state index contributed by atoms with van der Waals surface area (Å²) in [5.74, 6) is -0.685. The molecule has 0 aliphatic rings. The average Bonchev–Trinajstić information content (AvgIpc) is 2.77. The van der Waals surface area contributed by atoms with E-state index in [1.165, 1.54) is 0 Å². The molecule has 0 aliphatic carbocycles. The molecule has 6 nitrogen and oxygen atoms in total. The number of carbonyl (C=O) groups is 1. The third-order valence-corrected chi connectivity index (χ3v) is 5.28. The molecule has 0 fully saturated rings. The quantitative estimate of drug-likeness (QED) is 0.787. The summed E-state index contributed by atoms with van der Waals surface area (Å²) in [4.78, 5) is 14.9. The minimum absolute atomic E-state index is 0.00471. The van der Waals surface area contributed by atoms with Crippen molar-refractivity contribution >= 4 is 33.3 Å². The number of hydrogen-bond acceptors (Lipinski definition) is 4. The fraction of sp³-hybridized carbons (Fsp3) is 0.312. The molecule has 8 heteroatoms. The van der Waals surface area contributed by atoms with Crippen LogP contribution in [-0.2, 0) is 14.8 Å². The van der Waals surface area contributed by atoms with Gasteiger partial charge in [0, 0.05) is 11.4 Å². The molecule has 0 bridgehead atoms. The number of esters is 1. The average molecular weight is 371 g/mol. The van der Waals surface area contributed by atoms with Crippen molar-refractivity contribution in [3.8, 4) is 0 Å². The normalized spacial score (nSPS) is 11.4. The van der Waals surface area contributed by atoms with E-state index in [0.717, 1.165) is 5.56 Å². The number of aromatic amines is 1. The zero-order valence-corrected chi connectivity index (χ0v) is 15.4. The highest BCUT2D eigenvalue weighted by Gasteiger charge is 2.30. The van der Waals surface area contributed by atoms with Crippen molar-refractivity contribution in [2.75, 3.05) is 11.3 Å². The predicted molar refractivity (Wildman–Crippen MR) is 93.2 cm³/mol. The Bertz CT molecular complexity index is 888. The van der Waals surface area contributed by atoms with E-state index in [1.54, 1.807) is 39.0 Å². The van der Waals surface area contributed by atoms with Crippen molar-refractivity contribution < 1.29 is 17.9 Å². The number of anilines is 1. The Kier molecular flexibility index (Phi) is 5.25. The van der Waals surface area contributed by atoms with Gasteiger partial charge in [-0.15, -0.1) is 0 Å². The molecule has 2 N–H and O–H groups in total. The maximum absolute atomic E-state index is 12.8. The molecule has 0 atom stereocenters. The second-order valence-corrected chi connectivity index (χ2v) is 7.41. The van der Waals surface area contributed by atoms with Gasteiger partial charge in [0.05, 0.1) is 17.3 Å². The summed E-state index contributed by atoms with van der Waals surface area (Å²) in [5, 5.41) is 0.279. The molecule has 1 aromatic carbocycles. The first-order chi connectivity index (χ1) is 11.2. The molecule has 0 saturated heterocycles. The lowest BCUT2D eigenvalue weighted by Gasteiger charge is -2.12. The Morgan fingerprint density at radius 3 is 2.50 bits per heavy atom. The number of hydrogen-bond donors (Lipinski definition) is 2. The summed E-state index contributed by atoms with van der Waals surface area (Å²) in [6.07, 6.45) is 0. The summed E-state index contributed by atoms with van der Waals surface area (Å²) in [5.41, 5.74) is 1.94. The van der Waals surface area contributed by atoms with E-state index in [9.17, 15) is 13.2 Å². The summed E-state index contributed by atoms with van der Waals surface area (Å²) in [6, 6.07) is 4.97. The summed E-state index contributed by atoms with van der Waals surface area (Å²) in [6.45, 7) is 6.87. The minimum Gasteiger partial charge on any atom is -0.462 e. The summed E-state index contributed by atoms with van der Waals surface area (Å²) < 4.78 is 33.0. The van der Waals surface area contributed by atoms with Crippen molar-refractivity contribution in [3.05, 3.63) is 45.7 Å². The fourth-order valence-corrected chi connectivity index (χ4v) is 4.31. The maximum atomic E-state index is 12.8. The van der Waals surface area contributed by atoms with Crippen LogP contribution in [0.5, 0.6) is 0 Å². The van der Waals surface area contributed by atoms with Crippen LogP contribution in [-0.4, -0.2) is 26.0 Å². The highest BCUT2D eigenvalue weighted by Crippen LogP contribution is 2.29. The molecular weight excluding hydrogens is 352 g/mol. The van der Waals surface area contributed by atoms with Gasteiger partial charge in [0.1, 0.15) is 10.5 Å². The first-order valence-corrected chi connectivity index (χ1v) is 9.18. The molecule has 130 valence electrons. The van der Waals surface area contributed by atoms with E-state index in [-0.39, 0.29) is 27.8 Å². The summed E-state index contributed by atoms with van der Waals surface area (Å²) >= 11 is 6.09. The number of rotatable bonds is 5. The van der Waals surface area contributed by atoms with Gasteiger partial charge in [-0.2, -0.15) is 0 Å². The Morgan fingerprint density at radius 1 is 1.25 bits per heavy atom. The van der Waals surface area contributed by atoms with Gasteiger partial charge < -0.3 is 9.72 Å². The third-order valence-electron chi connectivity index (χ3n) is 3.43. The van der Waals surface area contributed by atoms with Gasteiger partial charge in [0.25, 0.3) is 10.0 Å². The predicted octanol–water partition coefficient (Wildman–Crippen LogP) is 3.57. The smallest absolute Gasteiger partial charge is 0.341 e. The van der Waals surface area contributed by atoms with E-state index in [4.69, 9.17) is 16.3 Å². The van der Waals surface area contributed by atoms with E-state index in [1.807, 2.05) is 6.92 Å². The number of aryl methyl sites for hydroxylation is 3. The number of sulfonamides is 1. The van der Waals surface area contributed by atoms with Gasteiger partial charge in [-0.1, -0.05) is 17.7 Å². The monoisotopic (exact) mass is 370 g/mol. The Hall–Kier alpha value is -1.99. The van der Waals surface area contributed by atoms with Gasteiger partial charge in [-0.05, 0) is 45.4 Å². The Balaban J connectivity index is 2.51. The number of benzene rings is 1. The van der Waals surface area contributed by atoms with Gasteiger partial charge in [0.15, 0.2) is 0 Å². The summed E-state index contributed by atoms with van der Waals surface area (Å²) in [7, 11) is -4.02. The first-order valence-electron chi connectivity index (χ1n) is 7.32. The van der Waals surface area contributed by atoms with Crippen LogP contribution in [0.3, 0.4) is 0 Å². The van der Waals surface area contributed by atoms with E-state index >= 15 is 0 Å². The Labute approximate surface area is 146 Å². The molecule has 0 spiro atoms.